The third kappa shape index (κ3) is 3.78. The molecule has 0 aliphatic carbocycles. The average molecular weight is 283 g/mol. The molecule has 19 heavy (non-hydrogen) atoms. The van der Waals surface area contributed by atoms with E-state index in [-0.39, 0.29) is 18.4 Å². The van der Waals surface area contributed by atoms with Crippen molar-refractivity contribution in [2.24, 2.45) is 0 Å². The van der Waals surface area contributed by atoms with Crippen LogP contribution in [-0.4, -0.2) is 50.1 Å². The van der Waals surface area contributed by atoms with Gasteiger partial charge in [0.05, 0.1) is 18.4 Å². The van der Waals surface area contributed by atoms with Gasteiger partial charge in [0.15, 0.2) is 0 Å². The fourth-order valence-electron chi connectivity index (χ4n) is 2.71. The largest absolute Gasteiger partial charge is 0.394 e. The van der Waals surface area contributed by atoms with Crippen LogP contribution >= 0.6 is 0 Å². The molecule has 0 bridgehead atoms. The monoisotopic (exact) mass is 283 g/mol. The molecule has 1 atom stereocenters. The van der Waals surface area contributed by atoms with Crippen LogP contribution in [0.25, 0.3) is 0 Å². The molecule has 0 aromatic heterocycles. The third-order valence-corrected chi connectivity index (χ3v) is 4.69. The summed E-state index contributed by atoms with van der Waals surface area (Å²) in [6, 6.07) is 8.17. The smallest absolute Gasteiger partial charge is 0.147 e. The molecule has 0 fully saturated rings. The quantitative estimate of drug-likeness (QED) is 0.876. The van der Waals surface area contributed by atoms with E-state index in [0.29, 0.717) is 13.0 Å². The van der Waals surface area contributed by atoms with Crippen molar-refractivity contribution >= 4 is 9.84 Å². The lowest BCUT2D eigenvalue weighted by Gasteiger charge is -2.36. The number of aliphatic hydroxyl groups excluding tert-OH is 1. The number of hydrogen-bond donors (Lipinski definition) is 1. The topological polar surface area (TPSA) is 57.6 Å². The predicted molar refractivity (Wildman–Crippen MR) is 75.9 cm³/mol. The number of hydrogen-bond acceptors (Lipinski definition) is 4. The summed E-state index contributed by atoms with van der Waals surface area (Å²) in [6.07, 6.45) is 2.85. The van der Waals surface area contributed by atoms with Gasteiger partial charge in [0.1, 0.15) is 9.84 Å². The van der Waals surface area contributed by atoms with Crippen molar-refractivity contribution < 1.29 is 13.5 Å². The lowest BCUT2D eigenvalue weighted by molar-refractivity contribution is 0.115. The predicted octanol–water partition coefficient (Wildman–Crippen LogP) is 1.01. The summed E-state index contributed by atoms with van der Waals surface area (Å²) in [5, 5.41) is 9.61. The first-order valence-corrected chi connectivity index (χ1v) is 8.68. The van der Waals surface area contributed by atoms with Gasteiger partial charge < -0.3 is 5.11 Å². The first kappa shape index (κ1) is 14.5. The van der Waals surface area contributed by atoms with Gasteiger partial charge >= 0.3 is 0 Å². The summed E-state index contributed by atoms with van der Waals surface area (Å²) in [5.41, 5.74) is 2.47. The molecule has 106 valence electrons. The minimum Gasteiger partial charge on any atom is -0.394 e. The van der Waals surface area contributed by atoms with Crippen LogP contribution in [0.4, 0.5) is 0 Å². The Kier molecular flexibility index (Phi) is 4.60. The van der Waals surface area contributed by atoms with Gasteiger partial charge in [0.25, 0.3) is 0 Å². The Hall–Kier alpha value is -0.910. The Balaban J connectivity index is 2.03. The molecule has 0 spiro atoms. The number of fused-ring (bicyclic) bond motifs is 1. The van der Waals surface area contributed by atoms with E-state index in [1.54, 1.807) is 0 Å². The maximum atomic E-state index is 11.2. The summed E-state index contributed by atoms with van der Waals surface area (Å²) < 4.78 is 22.3. The molecule has 1 heterocycles. The number of benzene rings is 1. The lowest BCUT2D eigenvalue weighted by Crippen LogP contribution is -2.38. The van der Waals surface area contributed by atoms with Crippen molar-refractivity contribution in [2.45, 2.75) is 18.9 Å². The summed E-state index contributed by atoms with van der Waals surface area (Å²) in [5.74, 6) is 0.212. The second-order valence-corrected chi connectivity index (χ2v) is 7.43. The molecular weight excluding hydrogens is 262 g/mol. The van der Waals surface area contributed by atoms with Crippen LogP contribution in [0.5, 0.6) is 0 Å². The number of rotatable bonds is 5. The van der Waals surface area contributed by atoms with Gasteiger partial charge in [-0.15, -0.1) is 0 Å². The normalized spacial score (nSPS) is 20.2. The molecule has 1 aliphatic heterocycles. The van der Waals surface area contributed by atoms with Crippen LogP contribution in [0.1, 0.15) is 23.6 Å². The Morgan fingerprint density at radius 2 is 2.11 bits per heavy atom. The van der Waals surface area contributed by atoms with Crippen LogP contribution in [-0.2, 0) is 16.3 Å². The van der Waals surface area contributed by atoms with E-state index in [9.17, 15) is 13.5 Å². The molecule has 1 aromatic carbocycles. The minimum atomic E-state index is -2.90. The molecular formula is C14H21NO3S. The van der Waals surface area contributed by atoms with Crippen molar-refractivity contribution in [3.63, 3.8) is 0 Å². The van der Waals surface area contributed by atoms with E-state index in [1.165, 1.54) is 17.4 Å². The molecule has 4 nitrogen and oxygen atoms in total. The van der Waals surface area contributed by atoms with Crippen molar-refractivity contribution in [3.05, 3.63) is 35.4 Å². The van der Waals surface area contributed by atoms with Crippen LogP contribution in [0.15, 0.2) is 24.3 Å². The van der Waals surface area contributed by atoms with Crippen LogP contribution in [0, 0.1) is 0 Å². The van der Waals surface area contributed by atoms with Crippen LogP contribution < -0.4 is 0 Å². The van der Waals surface area contributed by atoms with Crippen molar-refractivity contribution in [3.8, 4) is 0 Å². The highest BCUT2D eigenvalue weighted by Crippen LogP contribution is 2.29. The highest BCUT2D eigenvalue weighted by Gasteiger charge is 2.26. The molecule has 1 unspecified atom stereocenters. The summed E-state index contributed by atoms with van der Waals surface area (Å²) in [7, 11) is -2.90. The lowest BCUT2D eigenvalue weighted by atomic mass is 9.93. The summed E-state index contributed by atoms with van der Waals surface area (Å²) >= 11 is 0. The van der Waals surface area contributed by atoms with Crippen molar-refractivity contribution in [2.75, 3.05) is 31.7 Å². The molecule has 1 N–H and O–H groups in total. The van der Waals surface area contributed by atoms with Crippen molar-refractivity contribution in [1.82, 2.24) is 4.90 Å². The number of nitrogens with zero attached hydrogens (tertiary/aromatic N) is 1. The Labute approximate surface area is 115 Å². The Morgan fingerprint density at radius 3 is 2.79 bits per heavy atom. The number of sulfone groups is 1. The van der Waals surface area contributed by atoms with E-state index >= 15 is 0 Å². The first-order chi connectivity index (χ1) is 9.01. The molecule has 2 rings (SSSR count). The van der Waals surface area contributed by atoms with Gasteiger partial charge in [0, 0.05) is 12.8 Å². The molecule has 0 radical (unpaired) electrons. The Morgan fingerprint density at radius 1 is 1.37 bits per heavy atom. The highest BCUT2D eigenvalue weighted by molar-refractivity contribution is 7.90. The van der Waals surface area contributed by atoms with Gasteiger partial charge in [-0.3, -0.25) is 4.90 Å². The van der Waals surface area contributed by atoms with Gasteiger partial charge in [-0.2, -0.15) is 0 Å². The van der Waals surface area contributed by atoms with E-state index in [0.717, 1.165) is 13.0 Å². The van der Waals surface area contributed by atoms with E-state index in [1.807, 2.05) is 12.1 Å². The summed E-state index contributed by atoms with van der Waals surface area (Å²) in [4.78, 5) is 2.19. The maximum absolute atomic E-state index is 11.2. The fraction of sp³-hybridized carbons (Fsp3) is 0.571. The SMILES string of the molecule is CS(=O)(=O)CCCN1CCc2ccccc2C1CO. The standard InChI is InChI=1S/C14H21NO3S/c1-19(17,18)10-4-8-15-9-7-12-5-2-3-6-13(12)14(15)11-16/h2-3,5-6,14,16H,4,7-11H2,1H3. The average Bonchev–Trinajstić information content (AvgIpc) is 2.37. The maximum Gasteiger partial charge on any atom is 0.147 e. The second kappa shape index (κ2) is 6.03. The zero-order valence-corrected chi connectivity index (χ0v) is 12.1. The van der Waals surface area contributed by atoms with Gasteiger partial charge in [0.2, 0.25) is 0 Å². The molecule has 0 amide bonds. The van der Waals surface area contributed by atoms with E-state index in [4.69, 9.17) is 0 Å². The molecule has 0 saturated heterocycles. The second-order valence-electron chi connectivity index (χ2n) is 5.17. The van der Waals surface area contributed by atoms with Crippen molar-refractivity contribution in [1.29, 1.82) is 0 Å². The van der Waals surface area contributed by atoms with Gasteiger partial charge in [-0.1, -0.05) is 24.3 Å². The van der Waals surface area contributed by atoms with Crippen LogP contribution in [0.3, 0.4) is 0 Å². The zero-order valence-electron chi connectivity index (χ0n) is 11.2. The van der Waals surface area contributed by atoms with E-state index in [2.05, 4.69) is 17.0 Å². The molecule has 5 heteroatoms. The van der Waals surface area contributed by atoms with Gasteiger partial charge in [-0.25, -0.2) is 8.42 Å². The summed E-state index contributed by atoms with van der Waals surface area (Å²) in [6.45, 7) is 1.68. The third-order valence-electron chi connectivity index (χ3n) is 3.66. The van der Waals surface area contributed by atoms with E-state index < -0.39 is 9.84 Å². The first-order valence-electron chi connectivity index (χ1n) is 6.61. The number of aliphatic hydroxyl groups is 1. The molecule has 1 aliphatic rings. The minimum absolute atomic E-state index is 0.00418. The fourth-order valence-corrected chi connectivity index (χ4v) is 3.37. The van der Waals surface area contributed by atoms with Crippen LogP contribution in [0.2, 0.25) is 0 Å². The Bertz CT molecular complexity index is 527. The van der Waals surface area contributed by atoms with Gasteiger partial charge in [-0.05, 0) is 30.5 Å². The zero-order chi connectivity index (χ0) is 13.9. The highest BCUT2D eigenvalue weighted by atomic mass is 32.2. The molecule has 0 saturated carbocycles. The molecule has 1 aromatic rings.